The van der Waals surface area contributed by atoms with Gasteiger partial charge in [0.2, 0.25) is 0 Å². The summed E-state index contributed by atoms with van der Waals surface area (Å²) in [4.78, 5) is 2.76. The van der Waals surface area contributed by atoms with E-state index < -0.39 is 0 Å². The van der Waals surface area contributed by atoms with Crippen molar-refractivity contribution >= 4 is 0 Å². The Morgan fingerprint density at radius 2 is 1.74 bits per heavy atom. The number of hydrogen-bond donors (Lipinski definition) is 1. The van der Waals surface area contributed by atoms with Crippen LogP contribution in [0.25, 0.3) is 0 Å². The third-order valence-electron chi connectivity index (χ3n) is 5.05. The molecule has 1 aromatic rings. The van der Waals surface area contributed by atoms with E-state index in [-0.39, 0.29) is 0 Å². The van der Waals surface area contributed by atoms with Crippen molar-refractivity contribution in [3.63, 3.8) is 0 Å². The molecule has 0 spiro atoms. The molecule has 1 aliphatic heterocycles. The predicted octanol–water partition coefficient (Wildman–Crippen LogP) is 2.98. The number of hydrogen-bond acceptors (Lipinski definition) is 2. The molecule has 1 aliphatic carbocycles. The fraction of sp³-hybridized carbons (Fsp3) is 0.647. The second kappa shape index (κ2) is 5.26. The van der Waals surface area contributed by atoms with Crippen LogP contribution < -0.4 is 5.32 Å². The van der Waals surface area contributed by atoms with Crippen LogP contribution in [0.4, 0.5) is 0 Å². The van der Waals surface area contributed by atoms with Gasteiger partial charge in [0.1, 0.15) is 0 Å². The van der Waals surface area contributed by atoms with Gasteiger partial charge in [-0.25, -0.2) is 0 Å². The van der Waals surface area contributed by atoms with E-state index in [1.54, 1.807) is 5.56 Å². The monoisotopic (exact) mass is 258 g/mol. The standard InChI is InChI=1S/C17H26N2/c1-14-5-6-15(2)16(13-14)17(7-3-4-8-17)19-11-9-18-10-12-19/h5-6,13,18H,3-4,7-12H2,1-2H3. The minimum absolute atomic E-state index is 0.332. The van der Waals surface area contributed by atoms with E-state index in [1.165, 1.54) is 49.9 Å². The highest BCUT2D eigenvalue weighted by Gasteiger charge is 2.42. The molecule has 19 heavy (non-hydrogen) atoms. The topological polar surface area (TPSA) is 15.3 Å². The Morgan fingerprint density at radius 3 is 2.42 bits per heavy atom. The van der Waals surface area contributed by atoms with Crippen LogP contribution in [0.2, 0.25) is 0 Å². The summed E-state index contributed by atoms with van der Waals surface area (Å²) in [6, 6.07) is 7.01. The summed E-state index contributed by atoms with van der Waals surface area (Å²) in [7, 11) is 0. The van der Waals surface area contributed by atoms with Gasteiger partial charge in [-0.15, -0.1) is 0 Å². The lowest BCUT2D eigenvalue weighted by Crippen LogP contribution is -2.53. The van der Waals surface area contributed by atoms with E-state index in [0.717, 1.165) is 13.1 Å². The highest BCUT2D eigenvalue weighted by Crippen LogP contribution is 2.45. The Hall–Kier alpha value is -0.860. The van der Waals surface area contributed by atoms with Crippen LogP contribution in [0.15, 0.2) is 18.2 Å². The number of aryl methyl sites for hydroxylation is 2. The Balaban J connectivity index is 2.01. The second-order valence-electron chi connectivity index (χ2n) is 6.29. The van der Waals surface area contributed by atoms with Gasteiger partial charge in [0.15, 0.2) is 0 Å². The van der Waals surface area contributed by atoms with Crippen molar-refractivity contribution in [3.05, 3.63) is 34.9 Å². The fourth-order valence-corrected chi connectivity index (χ4v) is 4.05. The first-order valence-corrected chi connectivity index (χ1v) is 7.76. The first-order valence-electron chi connectivity index (χ1n) is 7.76. The quantitative estimate of drug-likeness (QED) is 0.877. The van der Waals surface area contributed by atoms with Gasteiger partial charge in [-0.2, -0.15) is 0 Å². The van der Waals surface area contributed by atoms with Crippen LogP contribution in [-0.2, 0) is 5.54 Å². The van der Waals surface area contributed by atoms with Crippen molar-refractivity contribution in [2.75, 3.05) is 26.2 Å². The van der Waals surface area contributed by atoms with Crippen molar-refractivity contribution in [2.24, 2.45) is 0 Å². The van der Waals surface area contributed by atoms with Gasteiger partial charge in [-0.05, 0) is 37.8 Å². The predicted molar refractivity (Wildman–Crippen MR) is 80.5 cm³/mol. The molecule has 0 amide bonds. The molecule has 1 heterocycles. The van der Waals surface area contributed by atoms with Crippen molar-refractivity contribution in [1.82, 2.24) is 10.2 Å². The molecule has 0 bridgehead atoms. The lowest BCUT2D eigenvalue weighted by atomic mass is 9.82. The van der Waals surface area contributed by atoms with Gasteiger partial charge in [-0.3, -0.25) is 4.90 Å². The molecule has 1 aromatic carbocycles. The normalized spacial score (nSPS) is 23.7. The minimum atomic E-state index is 0.332. The molecule has 1 saturated heterocycles. The molecule has 1 saturated carbocycles. The number of rotatable bonds is 2. The average molecular weight is 258 g/mol. The fourth-order valence-electron chi connectivity index (χ4n) is 4.05. The number of nitrogens with one attached hydrogen (secondary N) is 1. The zero-order valence-corrected chi connectivity index (χ0v) is 12.3. The van der Waals surface area contributed by atoms with E-state index >= 15 is 0 Å². The second-order valence-corrected chi connectivity index (χ2v) is 6.29. The summed E-state index contributed by atoms with van der Waals surface area (Å²) in [5.74, 6) is 0. The third kappa shape index (κ3) is 2.32. The van der Waals surface area contributed by atoms with Crippen LogP contribution in [-0.4, -0.2) is 31.1 Å². The Bertz CT molecular complexity index is 441. The van der Waals surface area contributed by atoms with Crippen molar-refractivity contribution < 1.29 is 0 Å². The Labute approximate surface area is 117 Å². The summed E-state index contributed by atoms with van der Waals surface area (Å²) in [6.07, 6.45) is 5.46. The third-order valence-corrected chi connectivity index (χ3v) is 5.05. The zero-order chi connectivity index (χ0) is 13.3. The van der Waals surface area contributed by atoms with Gasteiger partial charge in [0.05, 0.1) is 0 Å². The number of nitrogens with zero attached hydrogens (tertiary/aromatic N) is 1. The van der Waals surface area contributed by atoms with E-state index in [4.69, 9.17) is 0 Å². The summed E-state index contributed by atoms with van der Waals surface area (Å²) in [5, 5.41) is 3.49. The van der Waals surface area contributed by atoms with Gasteiger partial charge in [0, 0.05) is 31.7 Å². The van der Waals surface area contributed by atoms with Gasteiger partial charge in [0.25, 0.3) is 0 Å². The van der Waals surface area contributed by atoms with E-state index in [2.05, 4.69) is 42.3 Å². The van der Waals surface area contributed by atoms with Crippen LogP contribution in [0.3, 0.4) is 0 Å². The molecular formula is C17H26N2. The summed E-state index contributed by atoms with van der Waals surface area (Å²) < 4.78 is 0. The molecule has 0 radical (unpaired) electrons. The molecule has 1 N–H and O–H groups in total. The van der Waals surface area contributed by atoms with E-state index in [0.29, 0.717) is 5.54 Å². The highest BCUT2D eigenvalue weighted by molar-refractivity contribution is 5.37. The molecule has 104 valence electrons. The minimum Gasteiger partial charge on any atom is -0.314 e. The molecular weight excluding hydrogens is 232 g/mol. The van der Waals surface area contributed by atoms with E-state index in [9.17, 15) is 0 Å². The van der Waals surface area contributed by atoms with Gasteiger partial charge in [-0.1, -0.05) is 36.6 Å². The molecule has 2 heteroatoms. The highest BCUT2D eigenvalue weighted by atomic mass is 15.2. The molecule has 3 rings (SSSR count). The first kappa shape index (κ1) is 13.1. The van der Waals surface area contributed by atoms with Crippen LogP contribution in [0, 0.1) is 13.8 Å². The van der Waals surface area contributed by atoms with Crippen LogP contribution in [0.5, 0.6) is 0 Å². The molecule has 2 aliphatic rings. The first-order chi connectivity index (χ1) is 9.22. The molecule has 2 nitrogen and oxygen atoms in total. The smallest absolute Gasteiger partial charge is 0.0464 e. The molecule has 0 aromatic heterocycles. The largest absolute Gasteiger partial charge is 0.314 e. The summed E-state index contributed by atoms with van der Waals surface area (Å²) >= 11 is 0. The number of piperazine rings is 1. The van der Waals surface area contributed by atoms with Crippen molar-refractivity contribution in [2.45, 2.75) is 45.1 Å². The lowest BCUT2D eigenvalue weighted by molar-refractivity contribution is 0.0751. The Kier molecular flexibility index (Phi) is 3.64. The zero-order valence-electron chi connectivity index (χ0n) is 12.3. The van der Waals surface area contributed by atoms with Crippen LogP contribution >= 0.6 is 0 Å². The molecule has 0 unspecified atom stereocenters. The van der Waals surface area contributed by atoms with Crippen LogP contribution in [0.1, 0.15) is 42.4 Å². The average Bonchev–Trinajstić information content (AvgIpc) is 2.93. The maximum absolute atomic E-state index is 3.49. The summed E-state index contributed by atoms with van der Waals surface area (Å²) in [6.45, 7) is 9.21. The maximum Gasteiger partial charge on any atom is 0.0464 e. The Morgan fingerprint density at radius 1 is 1.05 bits per heavy atom. The van der Waals surface area contributed by atoms with Crippen molar-refractivity contribution in [1.29, 1.82) is 0 Å². The lowest BCUT2D eigenvalue weighted by Gasteiger charge is -2.45. The van der Waals surface area contributed by atoms with Crippen molar-refractivity contribution in [3.8, 4) is 0 Å². The van der Waals surface area contributed by atoms with E-state index in [1.807, 2.05) is 0 Å². The molecule has 2 fully saturated rings. The SMILES string of the molecule is Cc1ccc(C)c(C2(N3CCNCC3)CCCC2)c1. The summed E-state index contributed by atoms with van der Waals surface area (Å²) in [5.41, 5.74) is 4.82. The maximum atomic E-state index is 3.49. The number of benzene rings is 1. The molecule has 0 atom stereocenters. The van der Waals surface area contributed by atoms with Gasteiger partial charge >= 0.3 is 0 Å². The van der Waals surface area contributed by atoms with Gasteiger partial charge < -0.3 is 5.32 Å².